The van der Waals surface area contributed by atoms with Gasteiger partial charge in [-0.05, 0) is 59.4 Å². The Balaban J connectivity index is 2.05. The van der Waals surface area contributed by atoms with Crippen molar-refractivity contribution in [3.63, 3.8) is 0 Å². The zero-order valence-electron chi connectivity index (χ0n) is 12.5. The molecule has 1 aliphatic carbocycles. The lowest BCUT2D eigenvalue weighted by Gasteiger charge is -2.17. The quantitative estimate of drug-likeness (QED) is 0.729. The van der Waals surface area contributed by atoms with Gasteiger partial charge >= 0.3 is 0 Å². The zero-order valence-corrected chi connectivity index (χ0v) is 12.5. The first-order valence-electron chi connectivity index (χ1n) is 7.77. The van der Waals surface area contributed by atoms with Crippen LogP contribution >= 0.6 is 0 Å². The van der Waals surface area contributed by atoms with Crippen LogP contribution in [0.15, 0.2) is 42.7 Å². The minimum atomic E-state index is 0.363. The second-order valence-electron chi connectivity index (χ2n) is 6.24. The molecule has 0 unspecified atom stereocenters. The van der Waals surface area contributed by atoms with Crippen LogP contribution in [0.5, 0.6) is 0 Å². The molecule has 1 fully saturated rings. The van der Waals surface area contributed by atoms with Gasteiger partial charge in [-0.15, -0.1) is 0 Å². The molecule has 1 nitrogen and oxygen atoms in total. The molecule has 1 heterocycles. The molecule has 3 rings (SSSR count). The van der Waals surface area contributed by atoms with Crippen LogP contribution in [0.4, 0.5) is 0 Å². The van der Waals surface area contributed by atoms with Crippen LogP contribution in [-0.4, -0.2) is 4.98 Å². The van der Waals surface area contributed by atoms with Crippen molar-refractivity contribution in [3.05, 3.63) is 53.9 Å². The van der Waals surface area contributed by atoms with E-state index >= 15 is 0 Å². The van der Waals surface area contributed by atoms with Crippen molar-refractivity contribution in [2.75, 3.05) is 0 Å². The van der Waals surface area contributed by atoms with Gasteiger partial charge in [0, 0.05) is 12.4 Å². The number of hydrogen-bond acceptors (Lipinski definition) is 1. The van der Waals surface area contributed by atoms with E-state index in [0.29, 0.717) is 5.41 Å². The van der Waals surface area contributed by atoms with Crippen LogP contribution < -0.4 is 0 Å². The highest BCUT2D eigenvalue weighted by Gasteiger charge is 2.41. The summed E-state index contributed by atoms with van der Waals surface area (Å²) in [6.07, 6.45) is 10.3. The Hall–Kier alpha value is -1.63. The van der Waals surface area contributed by atoms with Crippen molar-refractivity contribution in [1.29, 1.82) is 0 Å². The lowest BCUT2D eigenvalue weighted by atomic mass is 9.88. The maximum atomic E-state index is 4.37. The van der Waals surface area contributed by atoms with Gasteiger partial charge in [0.2, 0.25) is 0 Å². The Bertz CT molecular complexity index is 596. The van der Waals surface area contributed by atoms with Crippen LogP contribution in [0.3, 0.4) is 0 Å². The number of hydrogen-bond donors (Lipinski definition) is 0. The SMILES string of the molecule is CCCCc1ccccc1-c1ccncc1C1(C)CC1. The highest BCUT2D eigenvalue weighted by Crippen LogP contribution is 2.50. The number of rotatable bonds is 5. The first kappa shape index (κ1) is 13.4. The molecule has 1 aromatic carbocycles. The maximum Gasteiger partial charge on any atom is 0.0311 e. The molecule has 104 valence electrons. The average molecular weight is 265 g/mol. The van der Waals surface area contributed by atoms with Gasteiger partial charge in [-0.1, -0.05) is 44.5 Å². The van der Waals surface area contributed by atoms with Crippen LogP contribution in [-0.2, 0) is 11.8 Å². The highest BCUT2D eigenvalue weighted by atomic mass is 14.6. The molecule has 0 radical (unpaired) electrons. The van der Waals surface area contributed by atoms with Crippen molar-refractivity contribution in [3.8, 4) is 11.1 Å². The van der Waals surface area contributed by atoms with Crippen molar-refractivity contribution in [1.82, 2.24) is 4.98 Å². The van der Waals surface area contributed by atoms with E-state index in [1.54, 1.807) is 0 Å². The van der Waals surface area contributed by atoms with Crippen molar-refractivity contribution in [2.45, 2.75) is 51.4 Å². The van der Waals surface area contributed by atoms with Crippen molar-refractivity contribution in [2.24, 2.45) is 0 Å². The Kier molecular flexibility index (Phi) is 3.60. The number of aromatic nitrogens is 1. The summed E-state index contributed by atoms with van der Waals surface area (Å²) in [5.41, 5.74) is 6.08. The maximum absolute atomic E-state index is 4.37. The second-order valence-corrected chi connectivity index (χ2v) is 6.24. The fourth-order valence-corrected chi connectivity index (χ4v) is 2.94. The summed E-state index contributed by atoms with van der Waals surface area (Å²) in [6.45, 7) is 4.62. The fourth-order valence-electron chi connectivity index (χ4n) is 2.94. The molecule has 0 aliphatic heterocycles. The number of unbranched alkanes of at least 4 members (excludes halogenated alkanes) is 1. The van der Waals surface area contributed by atoms with Gasteiger partial charge in [0.1, 0.15) is 0 Å². The monoisotopic (exact) mass is 265 g/mol. The normalized spacial score (nSPS) is 16.1. The first-order valence-corrected chi connectivity index (χ1v) is 7.77. The molecule has 2 aromatic rings. The molecule has 1 heteroatoms. The molecule has 0 atom stereocenters. The van der Waals surface area contributed by atoms with Crippen molar-refractivity contribution >= 4 is 0 Å². The molecule has 20 heavy (non-hydrogen) atoms. The number of nitrogens with zero attached hydrogens (tertiary/aromatic N) is 1. The smallest absolute Gasteiger partial charge is 0.0311 e. The van der Waals surface area contributed by atoms with Gasteiger partial charge in [0.15, 0.2) is 0 Å². The summed E-state index contributed by atoms with van der Waals surface area (Å²) in [4.78, 5) is 4.37. The van der Waals surface area contributed by atoms with Gasteiger partial charge in [0.05, 0.1) is 0 Å². The van der Waals surface area contributed by atoms with Crippen LogP contribution in [0.2, 0.25) is 0 Å². The highest BCUT2D eigenvalue weighted by molar-refractivity contribution is 5.72. The Labute approximate surface area is 122 Å². The van der Waals surface area contributed by atoms with Gasteiger partial charge in [-0.25, -0.2) is 0 Å². The Morgan fingerprint density at radius 2 is 1.90 bits per heavy atom. The summed E-state index contributed by atoms with van der Waals surface area (Å²) >= 11 is 0. The summed E-state index contributed by atoms with van der Waals surface area (Å²) in [5.74, 6) is 0. The van der Waals surface area contributed by atoms with E-state index in [0.717, 1.165) is 0 Å². The van der Waals surface area contributed by atoms with Crippen molar-refractivity contribution < 1.29 is 0 Å². The standard InChI is InChI=1S/C19H23N/c1-3-4-7-15-8-5-6-9-16(15)17-10-13-20-14-18(17)19(2)11-12-19/h5-6,8-10,13-14H,3-4,7,11-12H2,1-2H3. The van der Waals surface area contributed by atoms with Crippen LogP contribution in [0.1, 0.15) is 50.7 Å². The molecule has 1 aromatic heterocycles. The van der Waals surface area contributed by atoms with E-state index < -0.39 is 0 Å². The minimum Gasteiger partial charge on any atom is -0.264 e. The molecular weight excluding hydrogens is 242 g/mol. The summed E-state index contributed by atoms with van der Waals surface area (Å²) in [6, 6.07) is 11.1. The molecular formula is C19H23N. The third-order valence-electron chi connectivity index (χ3n) is 4.58. The number of benzene rings is 1. The predicted octanol–water partition coefficient (Wildman–Crippen LogP) is 5.14. The summed E-state index contributed by atoms with van der Waals surface area (Å²) < 4.78 is 0. The molecule has 0 N–H and O–H groups in total. The van der Waals surface area contributed by atoms with Gasteiger partial charge in [0.25, 0.3) is 0 Å². The fraction of sp³-hybridized carbons (Fsp3) is 0.421. The van der Waals surface area contributed by atoms with Gasteiger partial charge in [-0.2, -0.15) is 0 Å². The first-order chi connectivity index (χ1) is 9.74. The molecule has 0 amide bonds. The molecule has 1 saturated carbocycles. The molecule has 0 saturated heterocycles. The van der Waals surface area contributed by atoms with E-state index in [9.17, 15) is 0 Å². The van der Waals surface area contributed by atoms with E-state index in [-0.39, 0.29) is 0 Å². The van der Waals surface area contributed by atoms with E-state index in [2.05, 4.69) is 55.4 Å². The van der Waals surface area contributed by atoms with Crippen LogP contribution in [0, 0.1) is 0 Å². The topological polar surface area (TPSA) is 12.9 Å². The van der Waals surface area contributed by atoms with E-state index in [1.807, 2.05) is 6.20 Å². The average Bonchev–Trinajstić information content (AvgIpc) is 3.24. The van der Waals surface area contributed by atoms with Gasteiger partial charge in [-0.3, -0.25) is 4.98 Å². The van der Waals surface area contributed by atoms with Gasteiger partial charge < -0.3 is 0 Å². The predicted molar refractivity (Wildman–Crippen MR) is 84.9 cm³/mol. The lowest BCUT2D eigenvalue weighted by molar-refractivity contribution is 0.780. The third kappa shape index (κ3) is 2.49. The van der Waals surface area contributed by atoms with E-state index in [1.165, 1.54) is 54.4 Å². The number of aryl methyl sites for hydroxylation is 1. The molecule has 1 aliphatic rings. The molecule has 0 bridgehead atoms. The molecule has 0 spiro atoms. The summed E-state index contributed by atoms with van der Waals surface area (Å²) in [7, 11) is 0. The largest absolute Gasteiger partial charge is 0.264 e. The van der Waals surface area contributed by atoms with E-state index in [4.69, 9.17) is 0 Å². The Morgan fingerprint density at radius 1 is 1.10 bits per heavy atom. The van der Waals surface area contributed by atoms with Crippen LogP contribution in [0.25, 0.3) is 11.1 Å². The lowest BCUT2D eigenvalue weighted by Crippen LogP contribution is -2.04. The number of pyridine rings is 1. The second kappa shape index (κ2) is 5.40. The third-order valence-corrected chi connectivity index (χ3v) is 4.58. The zero-order chi connectivity index (χ0) is 14.0. The summed E-state index contributed by atoms with van der Waals surface area (Å²) in [5, 5.41) is 0. The Morgan fingerprint density at radius 3 is 2.65 bits per heavy atom. The minimum absolute atomic E-state index is 0.363.